The summed E-state index contributed by atoms with van der Waals surface area (Å²) in [7, 11) is 0. The number of nitrogens with zero attached hydrogens (tertiary/aromatic N) is 4. The van der Waals surface area contributed by atoms with Gasteiger partial charge in [0.15, 0.2) is 0 Å². The normalized spacial score (nSPS) is 12.2. The average Bonchev–Trinajstić information content (AvgIpc) is 4.27. The van der Waals surface area contributed by atoms with Crippen molar-refractivity contribution in [1.82, 2.24) is 19.6 Å². The molecule has 0 spiro atoms. The number of rotatable bonds is 21. The molecule has 0 atom stereocenters. The SMILES string of the molecule is c1csc(CN(CCN(CCN(Cc2cccs2)Cc2c3ccccc3cc3ccccc23)CCN(Cc2cccs2)Cc2c3ccccc3cc3ccccc23)Cc2c3ccccc3cc3ccccc23)c1. The molecule has 0 fully saturated rings. The summed E-state index contributed by atoms with van der Waals surface area (Å²) in [5.74, 6) is 0. The third kappa shape index (κ3) is 10.9. The highest BCUT2D eigenvalue weighted by atomic mass is 32.1. The third-order valence-electron chi connectivity index (χ3n) is 14.9. The highest BCUT2D eigenvalue weighted by Gasteiger charge is 2.21. The van der Waals surface area contributed by atoms with Crippen molar-refractivity contribution >= 4 is 98.6 Å². The predicted molar refractivity (Wildman–Crippen MR) is 316 cm³/mol. The lowest BCUT2D eigenvalue weighted by atomic mass is 9.96. The van der Waals surface area contributed by atoms with Crippen LogP contribution in [0.3, 0.4) is 0 Å². The maximum absolute atomic E-state index is 2.80. The van der Waals surface area contributed by atoms with Crippen LogP contribution in [0.2, 0.25) is 0 Å². The lowest BCUT2D eigenvalue weighted by Gasteiger charge is -2.32. The van der Waals surface area contributed by atoms with Gasteiger partial charge in [0.25, 0.3) is 0 Å². The number of hydrogen-bond donors (Lipinski definition) is 0. The van der Waals surface area contributed by atoms with Crippen LogP contribution in [-0.4, -0.2) is 58.9 Å². The molecule has 7 heteroatoms. The van der Waals surface area contributed by atoms with Gasteiger partial charge < -0.3 is 0 Å². The predicted octanol–water partition coefficient (Wildman–Crippen LogP) is 16.5. The lowest BCUT2D eigenvalue weighted by molar-refractivity contribution is 0.144. The summed E-state index contributed by atoms with van der Waals surface area (Å²) in [6.45, 7) is 11.1. The van der Waals surface area contributed by atoms with Crippen molar-refractivity contribution in [1.29, 1.82) is 0 Å². The molecule has 0 aliphatic carbocycles. The monoisotopic (exact) mass is 1000 g/mol. The van der Waals surface area contributed by atoms with Crippen molar-refractivity contribution in [2.45, 2.75) is 39.3 Å². The molecule has 0 saturated heterocycles. The van der Waals surface area contributed by atoms with Crippen LogP contribution in [0.4, 0.5) is 0 Å². The van der Waals surface area contributed by atoms with Gasteiger partial charge in [-0.15, -0.1) is 34.0 Å². The van der Waals surface area contributed by atoms with Gasteiger partial charge in [-0.3, -0.25) is 19.6 Å². The van der Waals surface area contributed by atoms with Crippen molar-refractivity contribution in [2.75, 3.05) is 39.3 Å². The number of fused-ring (bicyclic) bond motifs is 6. The van der Waals surface area contributed by atoms with E-state index in [-0.39, 0.29) is 0 Å². The van der Waals surface area contributed by atoms with Crippen molar-refractivity contribution in [3.63, 3.8) is 0 Å². The Morgan fingerprint density at radius 1 is 0.233 bits per heavy atom. The molecule has 12 aromatic rings. The van der Waals surface area contributed by atoms with Gasteiger partial charge >= 0.3 is 0 Å². The first kappa shape index (κ1) is 47.5. The van der Waals surface area contributed by atoms with Crippen LogP contribution in [0, 0.1) is 0 Å². The Labute approximate surface area is 441 Å². The van der Waals surface area contributed by atoms with Gasteiger partial charge in [-0.1, -0.05) is 164 Å². The molecule has 362 valence electrons. The van der Waals surface area contributed by atoms with Crippen LogP contribution in [0.5, 0.6) is 0 Å². The minimum Gasteiger partial charge on any atom is -0.300 e. The average molecular weight is 1010 g/mol. The molecule has 12 rings (SSSR count). The fourth-order valence-electron chi connectivity index (χ4n) is 11.2. The zero-order valence-electron chi connectivity index (χ0n) is 41.3. The molecule has 0 aliphatic heterocycles. The summed E-state index contributed by atoms with van der Waals surface area (Å²) in [5, 5.41) is 22.7. The fraction of sp³-hybridized carbons (Fsp3) is 0.182. The lowest BCUT2D eigenvalue weighted by Crippen LogP contribution is -2.42. The van der Waals surface area contributed by atoms with Crippen molar-refractivity contribution in [3.05, 3.63) is 248 Å². The quantitative estimate of drug-likeness (QED) is 0.0665. The van der Waals surface area contributed by atoms with E-state index < -0.39 is 0 Å². The molecule has 0 saturated carbocycles. The maximum Gasteiger partial charge on any atom is 0.0332 e. The first-order chi connectivity index (χ1) is 36.1. The molecular formula is C66H60N4S3. The van der Waals surface area contributed by atoms with Gasteiger partial charge in [0.1, 0.15) is 0 Å². The molecule has 0 bridgehead atoms. The zero-order valence-corrected chi connectivity index (χ0v) is 43.7. The van der Waals surface area contributed by atoms with E-state index in [1.54, 1.807) is 0 Å². The van der Waals surface area contributed by atoms with Crippen LogP contribution in [-0.2, 0) is 39.3 Å². The van der Waals surface area contributed by atoms with E-state index in [0.29, 0.717) is 0 Å². The smallest absolute Gasteiger partial charge is 0.0332 e. The number of thiophene rings is 3. The Hall–Kier alpha value is -6.52. The first-order valence-corrected chi connectivity index (χ1v) is 28.4. The second-order valence-corrected chi connectivity index (χ2v) is 22.7. The van der Waals surface area contributed by atoms with Gasteiger partial charge in [0, 0.05) is 93.2 Å². The Morgan fingerprint density at radius 3 is 0.699 bits per heavy atom. The molecule has 3 aromatic heterocycles. The minimum absolute atomic E-state index is 0.880. The topological polar surface area (TPSA) is 13.0 Å². The molecule has 0 amide bonds. The third-order valence-corrected chi connectivity index (χ3v) is 17.5. The van der Waals surface area contributed by atoms with Crippen LogP contribution in [0.15, 0.2) is 216 Å². The summed E-state index contributed by atoms with van der Waals surface area (Å²) < 4.78 is 0. The van der Waals surface area contributed by atoms with Crippen molar-refractivity contribution in [3.8, 4) is 0 Å². The van der Waals surface area contributed by atoms with E-state index in [0.717, 1.165) is 78.5 Å². The first-order valence-electron chi connectivity index (χ1n) is 25.8. The Kier molecular flexibility index (Phi) is 14.5. The van der Waals surface area contributed by atoms with E-state index in [2.05, 4.69) is 236 Å². The largest absolute Gasteiger partial charge is 0.300 e. The zero-order chi connectivity index (χ0) is 48.8. The highest BCUT2D eigenvalue weighted by Crippen LogP contribution is 2.34. The molecule has 0 unspecified atom stereocenters. The summed E-state index contributed by atoms with van der Waals surface area (Å²) in [6.07, 6.45) is 0. The molecule has 4 nitrogen and oxygen atoms in total. The van der Waals surface area contributed by atoms with E-state index in [9.17, 15) is 0 Å². The molecule has 0 radical (unpaired) electrons. The Morgan fingerprint density at radius 2 is 0.466 bits per heavy atom. The van der Waals surface area contributed by atoms with Crippen LogP contribution >= 0.6 is 34.0 Å². The molecule has 0 N–H and O–H groups in total. The summed E-state index contributed by atoms with van der Waals surface area (Å²) in [5.41, 5.74) is 4.27. The maximum atomic E-state index is 2.80. The second kappa shape index (κ2) is 22.3. The molecule has 3 heterocycles. The van der Waals surface area contributed by atoms with E-state index in [1.807, 2.05) is 34.0 Å². The summed E-state index contributed by atoms with van der Waals surface area (Å²) >= 11 is 5.62. The Bertz CT molecular complexity index is 3200. The minimum atomic E-state index is 0.880. The summed E-state index contributed by atoms with van der Waals surface area (Å²) in [4.78, 5) is 15.2. The van der Waals surface area contributed by atoms with Gasteiger partial charge in [-0.25, -0.2) is 0 Å². The standard InChI is InChI=1S/C66H60N4S3/c1-7-25-58-49(16-1)40-50-17-2-8-26-59(50)64(58)46-68(43-55-22-13-37-71-55)34-31-67(32-35-69(44-56-23-14-38-72-56)47-65-60-27-9-3-18-51(60)41-52-19-4-10-28-61(52)65)33-36-70(45-57-24-15-39-73-57)48-66-62-29-11-5-20-53(62)42-54-21-6-12-30-63(54)66/h1-30,37-42H,31-36,43-48H2. The number of hydrogen-bond acceptors (Lipinski definition) is 7. The Balaban J connectivity index is 0.889. The fourth-order valence-corrected chi connectivity index (χ4v) is 13.4. The van der Waals surface area contributed by atoms with E-state index in [1.165, 1.54) is 96.0 Å². The summed E-state index contributed by atoms with van der Waals surface area (Å²) in [6, 6.07) is 74.6. The molecule has 73 heavy (non-hydrogen) atoms. The highest BCUT2D eigenvalue weighted by molar-refractivity contribution is 7.10. The van der Waals surface area contributed by atoms with Crippen molar-refractivity contribution in [2.24, 2.45) is 0 Å². The van der Waals surface area contributed by atoms with Crippen molar-refractivity contribution < 1.29 is 0 Å². The van der Waals surface area contributed by atoms with Crippen LogP contribution < -0.4 is 0 Å². The van der Waals surface area contributed by atoms with Crippen LogP contribution in [0.1, 0.15) is 31.3 Å². The molecule has 0 aliphatic rings. The van der Waals surface area contributed by atoms with Gasteiger partial charge in [0.2, 0.25) is 0 Å². The van der Waals surface area contributed by atoms with Gasteiger partial charge in [0.05, 0.1) is 0 Å². The molecule has 9 aromatic carbocycles. The molecular weight excluding hydrogens is 945 g/mol. The van der Waals surface area contributed by atoms with E-state index >= 15 is 0 Å². The number of benzene rings is 9. The van der Waals surface area contributed by atoms with Crippen LogP contribution in [0.25, 0.3) is 64.6 Å². The second-order valence-electron chi connectivity index (χ2n) is 19.6. The van der Waals surface area contributed by atoms with E-state index in [4.69, 9.17) is 0 Å². The van der Waals surface area contributed by atoms with Gasteiger partial charge in [-0.2, -0.15) is 0 Å². The van der Waals surface area contributed by atoms with Gasteiger partial charge in [-0.05, 0) is 134 Å².